The number of carbonyl (C=O) groups excluding carboxylic acids is 3. The Bertz CT molecular complexity index is 627. The maximum atomic E-state index is 12.6. The summed E-state index contributed by atoms with van der Waals surface area (Å²) in [5.41, 5.74) is -1.25. The van der Waals surface area contributed by atoms with Crippen LogP contribution in [0.4, 0.5) is 4.79 Å². The smallest absolute Gasteiger partial charge is 0.325 e. The van der Waals surface area contributed by atoms with E-state index in [1.807, 2.05) is 0 Å². The van der Waals surface area contributed by atoms with Gasteiger partial charge in [0, 0.05) is 13.1 Å². The van der Waals surface area contributed by atoms with E-state index in [1.54, 1.807) is 24.0 Å². The van der Waals surface area contributed by atoms with Gasteiger partial charge in [-0.3, -0.25) is 14.5 Å². The molecule has 0 spiro atoms. The molecule has 0 bridgehead atoms. The quantitative estimate of drug-likeness (QED) is 0.851. The van der Waals surface area contributed by atoms with E-state index >= 15 is 0 Å². The van der Waals surface area contributed by atoms with Gasteiger partial charge in [-0.25, -0.2) is 4.79 Å². The van der Waals surface area contributed by atoms with E-state index in [1.165, 1.54) is 6.26 Å². The van der Waals surface area contributed by atoms with Gasteiger partial charge in [0.1, 0.15) is 12.3 Å². The van der Waals surface area contributed by atoms with E-state index in [4.69, 9.17) is 4.42 Å². The molecule has 4 amide bonds. The number of likely N-dealkylation sites (tertiary alicyclic amines) is 1. The Morgan fingerprint density at radius 2 is 2.26 bits per heavy atom. The first-order chi connectivity index (χ1) is 10.9. The van der Waals surface area contributed by atoms with Crippen LogP contribution in [0.15, 0.2) is 22.8 Å². The molecule has 0 aliphatic carbocycles. The number of nitrogens with one attached hydrogen (secondary N) is 1. The van der Waals surface area contributed by atoms with E-state index in [2.05, 4.69) is 12.2 Å². The summed E-state index contributed by atoms with van der Waals surface area (Å²) in [7, 11) is 0. The van der Waals surface area contributed by atoms with Gasteiger partial charge in [0.25, 0.3) is 5.91 Å². The number of nitrogens with zero attached hydrogens (tertiary/aromatic N) is 2. The molecule has 0 radical (unpaired) electrons. The fourth-order valence-corrected chi connectivity index (χ4v) is 3.22. The van der Waals surface area contributed by atoms with Crippen LogP contribution in [0.25, 0.3) is 0 Å². The number of rotatable bonds is 3. The van der Waals surface area contributed by atoms with Crippen LogP contribution in [0.1, 0.15) is 32.4 Å². The zero-order valence-corrected chi connectivity index (χ0v) is 13.4. The number of imide groups is 1. The molecule has 3 rings (SSSR count). The van der Waals surface area contributed by atoms with Crippen LogP contribution in [0.2, 0.25) is 0 Å². The van der Waals surface area contributed by atoms with Crippen LogP contribution in [0.3, 0.4) is 0 Å². The number of urea groups is 1. The van der Waals surface area contributed by atoms with Gasteiger partial charge in [-0.2, -0.15) is 0 Å². The highest BCUT2D eigenvalue weighted by Crippen LogP contribution is 2.29. The van der Waals surface area contributed by atoms with Gasteiger partial charge in [0.05, 0.1) is 6.26 Å². The van der Waals surface area contributed by atoms with Crippen LogP contribution in [-0.2, 0) is 15.1 Å². The van der Waals surface area contributed by atoms with Crippen molar-refractivity contribution < 1.29 is 18.8 Å². The Hall–Kier alpha value is -2.31. The molecule has 2 fully saturated rings. The molecular formula is C16H21N3O4. The van der Waals surface area contributed by atoms with Crippen molar-refractivity contribution in [3.8, 4) is 0 Å². The fraction of sp³-hybridized carbons (Fsp3) is 0.562. The third kappa shape index (κ3) is 2.71. The fourth-order valence-electron chi connectivity index (χ4n) is 3.22. The molecule has 7 heteroatoms. The van der Waals surface area contributed by atoms with Crippen LogP contribution >= 0.6 is 0 Å². The Morgan fingerprint density at radius 3 is 2.91 bits per heavy atom. The van der Waals surface area contributed by atoms with E-state index in [9.17, 15) is 14.4 Å². The number of furan rings is 1. The molecule has 2 atom stereocenters. The Kier molecular flexibility index (Phi) is 3.87. The van der Waals surface area contributed by atoms with Crippen molar-refractivity contribution in [2.75, 3.05) is 19.6 Å². The van der Waals surface area contributed by atoms with Gasteiger partial charge in [-0.05, 0) is 37.8 Å². The highest BCUT2D eigenvalue weighted by Gasteiger charge is 2.51. The number of amides is 4. The number of hydrogen-bond donors (Lipinski definition) is 1. The predicted octanol–water partition coefficient (Wildman–Crippen LogP) is 1.31. The minimum atomic E-state index is -1.25. The SMILES string of the molecule is CC1CCCN(C(=O)CN2C(=O)NC(C)(c3ccco3)C2=O)C1. The van der Waals surface area contributed by atoms with Crippen LogP contribution in [-0.4, -0.2) is 47.3 Å². The molecule has 7 nitrogen and oxygen atoms in total. The monoisotopic (exact) mass is 319 g/mol. The summed E-state index contributed by atoms with van der Waals surface area (Å²) in [4.78, 5) is 39.9. The van der Waals surface area contributed by atoms with Crippen molar-refractivity contribution in [2.24, 2.45) is 5.92 Å². The third-order valence-electron chi connectivity index (χ3n) is 4.59. The lowest BCUT2D eigenvalue weighted by Crippen LogP contribution is -2.47. The minimum Gasteiger partial charge on any atom is -0.466 e. The molecule has 1 aromatic heterocycles. The average molecular weight is 319 g/mol. The minimum absolute atomic E-state index is 0.191. The van der Waals surface area contributed by atoms with Gasteiger partial charge in [-0.15, -0.1) is 0 Å². The summed E-state index contributed by atoms with van der Waals surface area (Å²) in [6.07, 6.45) is 3.50. The maximum absolute atomic E-state index is 12.6. The van der Waals surface area contributed by atoms with E-state index in [0.717, 1.165) is 17.7 Å². The van der Waals surface area contributed by atoms with Crippen molar-refractivity contribution in [1.29, 1.82) is 0 Å². The van der Waals surface area contributed by atoms with Crippen molar-refractivity contribution in [1.82, 2.24) is 15.1 Å². The summed E-state index contributed by atoms with van der Waals surface area (Å²) in [6.45, 7) is 4.81. The normalized spacial score (nSPS) is 28.2. The van der Waals surface area contributed by atoms with Crippen LogP contribution < -0.4 is 5.32 Å². The molecule has 0 saturated carbocycles. The van der Waals surface area contributed by atoms with Gasteiger partial charge >= 0.3 is 6.03 Å². The van der Waals surface area contributed by atoms with E-state index in [-0.39, 0.29) is 12.5 Å². The first kappa shape index (κ1) is 15.6. The van der Waals surface area contributed by atoms with Crippen molar-refractivity contribution in [3.05, 3.63) is 24.2 Å². The largest absolute Gasteiger partial charge is 0.466 e. The summed E-state index contributed by atoms with van der Waals surface area (Å²) >= 11 is 0. The molecule has 2 aliphatic heterocycles. The molecule has 2 aliphatic rings. The van der Waals surface area contributed by atoms with Crippen LogP contribution in [0.5, 0.6) is 0 Å². The van der Waals surface area contributed by atoms with E-state index < -0.39 is 17.5 Å². The van der Waals surface area contributed by atoms with Gasteiger partial charge in [0.15, 0.2) is 5.54 Å². The molecule has 2 saturated heterocycles. The van der Waals surface area contributed by atoms with Crippen molar-refractivity contribution >= 4 is 17.8 Å². The molecule has 124 valence electrons. The number of hydrogen-bond acceptors (Lipinski definition) is 4. The molecular weight excluding hydrogens is 298 g/mol. The maximum Gasteiger partial charge on any atom is 0.325 e. The zero-order chi connectivity index (χ0) is 16.6. The third-order valence-corrected chi connectivity index (χ3v) is 4.59. The second-order valence-electron chi connectivity index (χ2n) is 6.51. The highest BCUT2D eigenvalue weighted by molar-refractivity contribution is 6.08. The lowest BCUT2D eigenvalue weighted by molar-refractivity contribution is -0.140. The zero-order valence-electron chi connectivity index (χ0n) is 13.4. The lowest BCUT2D eigenvalue weighted by Gasteiger charge is -2.31. The molecule has 0 aromatic carbocycles. The highest BCUT2D eigenvalue weighted by atomic mass is 16.3. The van der Waals surface area contributed by atoms with Crippen LogP contribution in [0, 0.1) is 5.92 Å². The Balaban J connectivity index is 1.72. The summed E-state index contributed by atoms with van der Waals surface area (Å²) < 4.78 is 5.27. The number of piperidine rings is 1. The number of carbonyl (C=O) groups is 3. The van der Waals surface area contributed by atoms with Gasteiger partial charge in [0.2, 0.25) is 5.91 Å². The molecule has 3 heterocycles. The standard InChI is InChI=1S/C16H21N3O4/c1-11-5-3-7-18(9-11)13(20)10-19-14(21)16(2,17-15(19)22)12-6-4-8-23-12/h4,6,8,11H,3,5,7,9-10H2,1-2H3,(H,17,22). The average Bonchev–Trinajstić information content (AvgIpc) is 3.12. The predicted molar refractivity (Wildman–Crippen MR) is 81.3 cm³/mol. The molecule has 1 N–H and O–H groups in total. The second-order valence-corrected chi connectivity index (χ2v) is 6.51. The second kappa shape index (κ2) is 5.72. The van der Waals surface area contributed by atoms with Gasteiger partial charge < -0.3 is 14.6 Å². The topological polar surface area (TPSA) is 82.9 Å². The first-order valence-electron chi connectivity index (χ1n) is 7.87. The Morgan fingerprint density at radius 1 is 1.48 bits per heavy atom. The summed E-state index contributed by atoms with van der Waals surface area (Å²) in [5, 5.41) is 2.62. The summed E-state index contributed by atoms with van der Waals surface area (Å²) in [5.74, 6) is 0.154. The summed E-state index contributed by atoms with van der Waals surface area (Å²) in [6, 6.07) is 2.73. The Labute approximate surface area is 134 Å². The van der Waals surface area contributed by atoms with Crippen molar-refractivity contribution in [3.63, 3.8) is 0 Å². The van der Waals surface area contributed by atoms with Gasteiger partial charge in [-0.1, -0.05) is 6.92 Å². The lowest BCUT2D eigenvalue weighted by atomic mass is 9.99. The molecule has 2 unspecified atom stereocenters. The first-order valence-corrected chi connectivity index (χ1v) is 7.87. The van der Waals surface area contributed by atoms with Crippen molar-refractivity contribution in [2.45, 2.75) is 32.2 Å². The molecule has 23 heavy (non-hydrogen) atoms. The molecule has 1 aromatic rings. The van der Waals surface area contributed by atoms with E-state index in [0.29, 0.717) is 24.8 Å².